The minimum atomic E-state index is 0.382. The zero-order chi connectivity index (χ0) is 14.7. The highest BCUT2D eigenvalue weighted by molar-refractivity contribution is 6.33. The first-order valence-corrected chi connectivity index (χ1v) is 8.91. The van der Waals surface area contributed by atoms with Crippen molar-refractivity contribution in [3.8, 4) is 0 Å². The van der Waals surface area contributed by atoms with Crippen molar-refractivity contribution < 1.29 is 4.74 Å². The van der Waals surface area contributed by atoms with Gasteiger partial charge < -0.3 is 4.74 Å². The molecule has 3 heteroatoms. The fourth-order valence-corrected chi connectivity index (χ4v) is 3.78. The highest BCUT2D eigenvalue weighted by Gasteiger charge is 2.21. The quantitative estimate of drug-likeness (QED) is 0.776. The lowest BCUT2D eigenvalue weighted by atomic mass is 9.99. The van der Waals surface area contributed by atoms with Gasteiger partial charge in [0.15, 0.2) is 0 Å². The van der Waals surface area contributed by atoms with Crippen molar-refractivity contribution in [1.82, 2.24) is 4.90 Å². The van der Waals surface area contributed by atoms with Gasteiger partial charge in [-0.2, -0.15) is 0 Å². The predicted octanol–water partition coefficient (Wildman–Crippen LogP) is 1.34. The van der Waals surface area contributed by atoms with E-state index in [9.17, 15) is 0 Å². The number of nitrogens with zero attached hydrogens (tertiary/aromatic N) is 1. The van der Waals surface area contributed by atoms with Crippen LogP contribution < -0.4 is 5.19 Å². The van der Waals surface area contributed by atoms with E-state index in [-0.39, 0.29) is 0 Å². The summed E-state index contributed by atoms with van der Waals surface area (Å²) >= 11 is 0. The van der Waals surface area contributed by atoms with Crippen LogP contribution in [-0.2, 0) is 11.2 Å². The van der Waals surface area contributed by atoms with Crippen LogP contribution in [-0.4, -0.2) is 47.0 Å². The van der Waals surface area contributed by atoms with Gasteiger partial charge in [-0.1, -0.05) is 17.3 Å². The van der Waals surface area contributed by atoms with Crippen molar-refractivity contribution >= 4 is 15.4 Å². The average molecular weight is 292 g/mol. The first-order valence-electron chi connectivity index (χ1n) is 7.91. The zero-order valence-corrected chi connectivity index (χ0v) is 15.7. The topological polar surface area (TPSA) is 12.5 Å². The van der Waals surface area contributed by atoms with Gasteiger partial charge in [0.05, 0.1) is 12.2 Å². The average Bonchev–Trinajstić information content (AvgIpc) is 2.38. The summed E-state index contributed by atoms with van der Waals surface area (Å²) in [5.41, 5.74) is 4.57. The third-order valence-corrected chi connectivity index (χ3v) is 5.67. The molecule has 0 spiro atoms. The molecule has 1 aromatic carbocycles. The molecule has 0 saturated carbocycles. The summed E-state index contributed by atoms with van der Waals surface area (Å²) < 4.78 is 5.79. The van der Waals surface area contributed by atoms with Crippen molar-refractivity contribution in [2.24, 2.45) is 0 Å². The summed E-state index contributed by atoms with van der Waals surface area (Å²) in [7, 11) is 1.16. The van der Waals surface area contributed by atoms with Gasteiger partial charge in [-0.15, -0.1) is 0 Å². The fraction of sp³-hybridized carbons (Fsp3) is 0.647. The van der Waals surface area contributed by atoms with E-state index in [2.05, 4.69) is 44.7 Å². The van der Waals surface area contributed by atoms with Crippen LogP contribution in [0, 0.1) is 13.8 Å². The number of aryl methyl sites for hydroxylation is 1. The van der Waals surface area contributed by atoms with Crippen LogP contribution in [0.4, 0.5) is 0 Å². The van der Waals surface area contributed by atoms with E-state index in [1.807, 2.05) is 0 Å². The summed E-state index contributed by atoms with van der Waals surface area (Å²) in [6.45, 7) is 12.3. The molecule has 1 saturated heterocycles. The maximum absolute atomic E-state index is 5.79. The highest BCUT2D eigenvalue weighted by atomic mass is 28.1. The standard InChI is InChI=1S/C17H29NOSi/c1-12-10-18(11-13(2)19-12)9-5-6-16-7-8-17(20)15(4)14(16)3/h7-8,12-13H,5-6,9-11H2,1-4,20H3. The maximum Gasteiger partial charge on any atom is 0.0678 e. The molecule has 0 radical (unpaired) electrons. The molecule has 0 N–H and O–H groups in total. The monoisotopic (exact) mass is 291 g/mol. The van der Waals surface area contributed by atoms with Crippen LogP contribution >= 0.6 is 0 Å². The Balaban J connectivity index is 1.85. The molecule has 2 nitrogen and oxygen atoms in total. The van der Waals surface area contributed by atoms with Crippen molar-refractivity contribution in [2.75, 3.05) is 19.6 Å². The number of hydrogen-bond acceptors (Lipinski definition) is 2. The molecule has 0 aliphatic carbocycles. The van der Waals surface area contributed by atoms with E-state index in [0.29, 0.717) is 12.2 Å². The summed E-state index contributed by atoms with van der Waals surface area (Å²) in [6.07, 6.45) is 3.22. The third kappa shape index (κ3) is 3.93. The Labute approximate surface area is 126 Å². The second kappa shape index (κ2) is 6.88. The van der Waals surface area contributed by atoms with E-state index in [0.717, 1.165) is 23.3 Å². The lowest BCUT2D eigenvalue weighted by Crippen LogP contribution is -2.45. The highest BCUT2D eigenvalue weighted by Crippen LogP contribution is 2.15. The van der Waals surface area contributed by atoms with Gasteiger partial charge in [0.2, 0.25) is 0 Å². The Bertz CT molecular complexity index is 451. The molecule has 1 fully saturated rings. The van der Waals surface area contributed by atoms with E-state index >= 15 is 0 Å². The van der Waals surface area contributed by atoms with E-state index in [1.54, 1.807) is 5.19 Å². The minimum absolute atomic E-state index is 0.382. The summed E-state index contributed by atoms with van der Waals surface area (Å²) in [6, 6.07) is 4.66. The fourth-order valence-electron chi connectivity index (χ4n) is 3.24. The molecule has 2 atom stereocenters. The first-order chi connectivity index (χ1) is 9.47. The molecule has 112 valence electrons. The van der Waals surface area contributed by atoms with E-state index < -0.39 is 0 Å². The molecule has 1 aliphatic rings. The van der Waals surface area contributed by atoms with Gasteiger partial charge in [-0.3, -0.25) is 4.90 Å². The maximum atomic E-state index is 5.79. The molecule has 2 rings (SSSR count). The van der Waals surface area contributed by atoms with E-state index in [1.165, 1.54) is 36.1 Å². The first kappa shape index (κ1) is 15.7. The smallest absolute Gasteiger partial charge is 0.0678 e. The molecule has 0 bridgehead atoms. The largest absolute Gasteiger partial charge is 0.373 e. The van der Waals surface area contributed by atoms with Crippen LogP contribution in [0.3, 0.4) is 0 Å². The number of ether oxygens (including phenoxy) is 1. The lowest BCUT2D eigenvalue weighted by Gasteiger charge is -2.35. The second-order valence-corrected chi connectivity index (χ2v) is 7.49. The van der Waals surface area contributed by atoms with Crippen molar-refractivity contribution in [1.29, 1.82) is 0 Å². The Kier molecular flexibility index (Phi) is 5.41. The van der Waals surface area contributed by atoms with Crippen LogP contribution in [0.5, 0.6) is 0 Å². The van der Waals surface area contributed by atoms with E-state index in [4.69, 9.17) is 4.74 Å². The molecule has 20 heavy (non-hydrogen) atoms. The van der Waals surface area contributed by atoms with Gasteiger partial charge in [-0.05, 0) is 63.8 Å². The molecule has 2 unspecified atom stereocenters. The molecule has 0 amide bonds. The van der Waals surface area contributed by atoms with Gasteiger partial charge in [0.25, 0.3) is 0 Å². The SMILES string of the molecule is Cc1c([SiH3])ccc(CCCN2CC(C)OC(C)C2)c1C. The molecular formula is C17H29NOSi. The molecule has 1 aliphatic heterocycles. The normalized spacial score (nSPS) is 24.2. The second-order valence-electron chi connectivity index (χ2n) is 6.41. The predicted molar refractivity (Wildman–Crippen MR) is 90.3 cm³/mol. The third-order valence-electron chi connectivity index (χ3n) is 4.59. The van der Waals surface area contributed by atoms with Crippen LogP contribution in [0.25, 0.3) is 0 Å². The Morgan fingerprint density at radius 2 is 1.80 bits per heavy atom. The van der Waals surface area contributed by atoms with Gasteiger partial charge in [0.1, 0.15) is 0 Å². The molecule has 1 aromatic rings. The number of morpholine rings is 1. The Morgan fingerprint density at radius 1 is 1.15 bits per heavy atom. The summed E-state index contributed by atoms with van der Waals surface area (Å²) in [5, 5.41) is 1.54. The number of rotatable bonds is 4. The van der Waals surface area contributed by atoms with Gasteiger partial charge in [-0.25, -0.2) is 0 Å². The van der Waals surface area contributed by atoms with Crippen molar-refractivity contribution in [3.63, 3.8) is 0 Å². The summed E-state index contributed by atoms with van der Waals surface area (Å²) in [5.74, 6) is 0. The Morgan fingerprint density at radius 3 is 2.45 bits per heavy atom. The Hall–Kier alpha value is -0.643. The lowest BCUT2D eigenvalue weighted by molar-refractivity contribution is -0.0680. The number of benzene rings is 1. The van der Waals surface area contributed by atoms with Gasteiger partial charge in [0, 0.05) is 23.3 Å². The molecule has 0 aromatic heterocycles. The molecule has 1 heterocycles. The van der Waals surface area contributed by atoms with Crippen LogP contribution in [0.2, 0.25) is 0 Å². The van der Waals surface area contributed by atoms with Crippen LogP contribution in [0.1, 0.15) is 37.0 Å². The van der Waals surface area contributed by atoms with Gasteiger partial charge >= 0.3 is 0 Å². The van der Waals surface area contributed by atoms with Crippen molar-refractivity contribution in [2.45, 2.75) is 52.7 Å². The number of hydrogen-bond donors (Lipinski definition) is 0. The summed E-state index contributed by atoms with van der Waals surface area (Å²) in [4.78, 5) is 2.56. The zero-order valence-electron chi connectivity index (χ0n) is 13.7. The van der Waals surface area contributed by atoms with Crippen LogP contribution in [0.15, 0.2) is 12.1 Å². The molecular weight excluding hydrogens is 262 g/mol. The van der Waals surface area contributed by atoms with Crippen molar-refractivity contribution in [3.05, 3.63) is 28.8 Å². The minimum Gasteiger partial charge on any atom is -0.373 e.